The van der Waals surface area contributed by atoms with Crippen LogP contribution in [0.25, 0.3) is 10.8 Å². The van der Waals surface area contributed by atoms with Gasteiger partial charge < -0.3 is 10.4 Å². The first-order valence-electron chi connectivity index (χ1n) is 6.98. The van der Waals surface area contributed by atoms with Crippen LogP contribution in [0.1, 0.15) is 20.7 Å². The van der Waals surface area contributed by atoms with Crippen molar-refractivity contribution in [2.75, 3.05) is 5.32 Å². The molecule has 0 heterocycles. The lowest BCUT2D eigenvalue weighted by atomic mass is 10.0. The maximum absolute atomic E-state index is 12.4. The van der Waals surface area contributed by atoms with Gasteiger partial charge in [0.2, 0.25) is 0 Å². The van der Waals surface area contributed by atoms with Crippen molar-refractivity contribution >= 4 is 51.5 Å². The summed E-state index contributed by atoms with van der Waals surface area (Å²) in [6.07, 6.45) is 0. The lowest BCUT2D eigenvalue weighted by molar-refractivity contribution is 0.0698. The second-order valence-electron chi connectivity index (χ2n) is 5.13. The van der Waals surface area contributed by atoms with Crippen molar-refractivity contribution in [3.63, 3.8) is 0 Å². The summed E-state index contributed by atoms with van der Waals surface area (Å²) in [4.78, 5) is 23.9. The van der Waals surface area contributed by atoms with Crippen molar-refractivity contribution in [1.82, 2.24) is 0 Å². The smallest absolute Gasteiger partial charge is 0.337 e. The average molecular weight is 360 g/mol. The molecule has 0 atom stereocenters. The highest BCUT2D eigenvalue weighted by atomic mass is 35.5. The lowest BCUT2D eigenvalue weighted by Crippen LogP contribution is -2.15. The number of benzene rings is 3. The first-order chi connectivity index (χ1) is 11.5. The number of rotatable bonds is 3. The van der Waals surface area contributed by atoms with Gasteiger partial charge in [0.15, 0.2) is 0 Å². The van der Waals surface area contributed by atoms with E-state index in [4.69, 9.17) is 23.2 Å². The molecule has 0 radical (unpaired) electrons. The molecule has 1 amide bonds. The van der Waals surface area contributed by atoms with Crippen molar-refractivity contribution < 1.29 is 14.7 Å². The largest absolute Gasteiger partial charge is 0.478 e. The number of carbonyl (C=O) groups is 2. The van der Waals surface area contributed by atoms with Gasteiger partial charge >= 0.3 is 5.97 Å². The maximum atomic E-state index is 12.4. The number of halogens is 2. The summed E-state index contributed by atoms with van der Waals surface area (Å²) in [5, 5.41) is 14.2. The number of hydrogen-bond donors (Lipinski definition) is 2. The number of fused-ring (bicyclic) bond motifs is 1. The van der Waals surface area contributed by atoms with E-state index in [9.17, 15) is 14.7 Å². The minimum atomic E-state index is -1.13. The molecule has 4 nitrogen and oxygen atoms in total. The highest BCUT2D eigenvalue weighted by molar-refractivity contribution is 6.37. The zero-order valence-electron chi connectivity index (χ0n) is 12.2. The number of hydrogen-bond acceptors (Lipinski definition) is 2. The summed E-state index contributed by atoms with van der Waals surface area (Å²) >= 11 is 11.8. The van der Waals surface area contributed by atoms with Crippen LogP contribution in [0.3, 0.4) is 0 Å². The van der Waals surface area contributed by atoms with Crippen LogP contribution >= 0.6 is 23.2 Å². The fraction of sp³-hybridized carbons (Fsp3) is 0. The van der Waals surface area contributed by atoms with Gasteiger partial charge in [0, 0.05) is 5.02 Å². The molecular formula is C18H11Cl2NO3. The molecule has 0 spiro atoms. The van der Waals surface area contributed by atoms with E-state index in [1.165, 1.54) is 18.2 Å². The Morgan fingerprint density at radius 1 is 0.875 bits per heavy atom. The zero-order chi connectivity index (χ0) is 17.3. The number of carbonyl (C=O) groups excluding carboxylic acids is 1. The number of carboxylic acid groups (broad SMARTS) is 1. The van der Waals surface area contributed by atoms with E-state index in [0.29, 0.717) is 5.02 Å². The first-order valence-corrected chi connectivity index (χ1v) is 7.74. The van der Waals surface area contributed by atoms with E-state index >= 15 is 0 Å². The Morgan fingerprint density at radius 3 is 2.17 bits per heavy atom. The summed E-state index contributed by atoms with van der Waals surface area (Å²) in [7, 11) is 0. The van der Waals surface area contributed by atoms with Crippen LogP contribution < -0.4 is 5.32 Å². The third-order valence-electron chi connectivity index (χ3n) is 3.54. The van der Waals surface area contributed by atoms with Crippen LogP contribution in [0, 0.1) is 0 Å². The number of aromatic carboxylic acids is 1. The van der Waals surface area contributed by atoms with E-state index in [1.54, 1.807) is 12.1 Å². The van der Waals surface area contributed by atoms with Crippen LogP contribution in [0.4, 0.5) is 5.69 Å². The predicted molar refractivity (Wildman–Crippen MR) is 95.3 cm³/mol. The van der Waals surface area contributed by atoms with Crippen LogP contribution in [0.15, 0.2) is 54.6 Å². The van der Waals surface area contributed by atoms with E-state index in [2.05, 4.69) is 5.32 Å². The molecule has 24 heavy (non-hydrogen) atoms. The van der Waals surface area contributed by atoms with Gasteiger partial charge in [0.1, 0.15) is 0 Å². The molecule has 3 rings (SSSR count). The fourth-order valence-corrected chi connectivity index (χ4v) is 2.88. The molecule has 0 aliphatic heterocycles. The Bertz CT molecular complexity index is 970. The Labute approximate surface area is 147 Å². The van der Waals surface area contributed by atoms with Gasteiger partial charge in [-0.25, -0.2) is 4.79 Å². The third kappa shape index (κ3) is 3.20. The first kappa shape index (κ1) is 16.3. The number of anilines is 1. The van der Waals surface area contributed by atoms with Gasteiger partial charge in [-0.05, 0) is 41.1 Å². The van der Waals surface area contributed by atoms with Crippen molar-refractivity contribution in [2.24, 2.45) is 0 Å². The summed E-state index contributed by atoms with van der Waals surface area (Å²) in [5.74, 6) is -1.63. The molecule has 0 saturated heterocycles. The molecule has 0 saturated carbocycles. The second kappa shape index (κ2) is 6.51. The van der Waals surface area contributed by atoms with Gasteiger partial charge in [-0.1, -0.05) is 47.5 Å². The van der Waals surface area contributed by atoms with Crippen molar-refractivity contribution in [3.8, 4) is 0 Å². The Kier molecular flexibility index (Phi) is 4.42. The van der Waals surface area contributed by atoms with Crippen LogP contribution in [0.5, 0.6) is 0 Å². The summed E-state index contributed by atoms with van der Waals surface area (Å²) in [6, 6.07) is 14.9. The molecule has 3 aromatic rings. The Morgan fingerprint density at radius 2 is 1.54 bits per heavy atom. The Hall–Kier alpha value is -2.56. The van der Waals surface area contributed by atoms with E-state index in [1.807, 2.05) is 24.3 Å². The molecule has 120 valence electrons. The number of carboxylic acids is 1. The summed E-state index contributed by atoms with van der Waals surface area (Å²) in [5.41, 5.74) is 0.426. The summed E-state index contributed by atoms with van der Waals surface area (Å²) < 4.78 is 0. The van der Waals surface area contributed by atoms with Gasteiger partial charge in [-0.2, -0.15) is 0 Å². The van der Waals surface area contributed by atoms with Gasteiger partial charge in [-0.3, -0.25) is 4.79 Å². The normalized spacial score (nSPS) is 10.6. The average Bonchev–Trinajstić information content (AvgIpc) is 2.53. The topological polar surface area (TPSA) is 66.4 Å². The molecule has 6 heteroatoms. The molecule has 0 aliphatic carbocycles. The molecule has 0 aromatic heterocycles. The highest BCUT2D eigenvalue weighted by Gasteiger charge is 2.16. The molecule has 2 N–H and O–H groups in total. The SMILES string of the molecule is O=C(Nc1cc2ccccc2cc1C(=O)O)c1ccc(Cl)cc1Cl. The molecular weight excluding hydrogens is 349 g/mol. The zero-order valence-corrected chi connectivity index (χ0v) is 13.7. The van der Waals surface area contributed by atoms with Gasteiger partial charge in [0.05, 0.1) is 21.8 Å². The van der Waals surface area contributed by atoms with Crippen molar-refractivity contribution in [2.45, 2.75) is 0 Å². The maximum Gasteiger partial charge on any atom is 0.337 e. The molecule has 0 bridgehead atoms. The number of amides is 1. The van der Waals surface area contributed by atoms with E-state index < -0.39 is 11.9 Å². The molecule has 0 aliphatic rings. The van der Waals surface area contributed by atoms with Crippen molar-refractivity contribution in [3.05, 3.63) is 75.8 Å². The highest BCUT2D eigenvalue weighted by Crippen LogP contribution is 2.26. The molecule has 3 aromatic carbocycles. The quantitative estimate of drug-likeness (QED) is 0.683. The van der Waals surface area contributed by atoms with E-state index in [0.717, 1.165) is 10.8 Å². The fourth-order valence-electron chi connectivity index (χ4n) is 2.38. The third-order valence-corrected chi connectivity index (χ3v) is 4.09. The second-order valence-corrected chi connectivity index (χ2v) is 5.97. The minimum Gasteiger partial charge on any atom is -0.478 e. The van der Waals surface area contributed by atoms with Crippen LogP contribution in [-0.2, 0) is 0 Å². The molecule has 0 fully saturated rings. The monoisotopic (exact) mass is 359 g/mol. The lowest BCUT2D eigenvalue weighted by Gasteiger charge is -2.11. The summed E-state index contributed by atoms with van der Waals surface area (Å²) in [6.45, 7) is 0. The van der Waals surface area contributed by atoms with Gasteiger partial charge in [0.25, 0.3) is 5.91 Å². The molecule has 0 unspecified atom stereocenters. The van der Waals surface area contributed by atoms with Crippen molar-refractivity contribution in [1.29, 1.82) is 0 Å². The van der Waals surface area contributed by atoms with Crippen LogP contribution in [0.2, 0.25) is 10.0 Å². The minimum absolute atomic E-state index is 0.00661. The van der Waals surface area contributed by atoms with E-state index in [-0.39, 0.29) is 21.8 Å². The standard InChI is InChI=1S/C18H11Cl2NO3/c19-12-5-6-13(15(20)9-12)17(22)21-16-8-11-4-2-1-3-10(11)7-14(16)18(23)24/h1-9H,(H,21,22)(H,23,24). The number of nitrogens with one attached hydrogen (secondary N) is 1. The predicted octanol–water partition coefficient (Wildman–Crippen LogP) is 5.10. The Balaban J connectivity index is 2.03. The van der Waals surface area contributed by atoms with Crippen LogP contribution in [-0.4, -0.2) is 17.0 Å². The van der Waals surface area contributed by atoms with Gasteiger partial charge in [-0.15, -0.1) is 0 Å².